The second-order valence-corrected chi connectivity index (χ2v) is 11.2. The monoisotopic (exact) mass is 410 g/mol. The van der Waals surface area contributed by atoms with Gasteiger partial charge < -0.3 is 4.90 Å². The SMILES string of the molecule is O=C(CN(Cc1cccs1)C1CCS(=O)(=O)C1)N1CCc2sccc2C1. The lowest BCUT2D eigenvalue weighted by molar-refractivity contribution is -0.134. The second kappa shape index (κ2) is 7.42. The predicted octanol–water partition coefficient (Wildman–Crippen LogP) is 2.38. The molecule has 0 N–H and O–H groups in total. The molecule has 0 saturated carbocycles. The van der Waals surface area contributed by atoms with E-state index in [4.69, 9.17) is 0 Å². The summed E-state index contributed by atoms with van der Waals surface area (Å²) in [5.41, 5.74) is 1.25. The highest BCUT2D eigenvalue weighted by Crippen LogP contribution is 2.25. The molecule has 1 unspecified atom stereocenters. The van der Waals surface area contributed by atoms with Gasteiger partial charge >= 0.3 is 0 Å². The molecule has 0 radical (unpaired) electrons. The van der Waals surface area contributed by atoms with Gasteiger partial charge in [0, 0.05) is 35.4 Å². The number of fused-ring (bicyclic) bond motifs is 1. The maximum absolute atomic E-state index is 12.9. The fraction of sp³-hybridized carbons (Fsp3) is 0.500. The number of sulfone groups is 1. The van der Waals surface area contributed by atoms with Crippen LogP contribution in [0, 0.1) is 0 Å². The molecule has 0 bridgehead atoms. The van der Waals surface area contributed by atoms with Crippen LogP contribution in [0.25, 0.3) is 0 Å². The summed E-state index contributed by atoms with van der Waals surface area (Å²) in [4.78, 5) is 19.5. The Labute approximate surface area is 162 Å². The van der Waals surface area contributed by atoms with Crippen molar-refractivity contribution in [1.82, 2.24) is 9.80 Å². The fourth-order valence-corrected chi connectivity index (χ4v) is 7.10. The Bertz CT molecular complexity index is 873. The lowest BCUT2D eigenvalue weighted by Crippen LogP contribution is -2.45. The van der Waals surface area contributed by atoms with Crippen molar-refractivity contribution in [2.75, 3.05) is 24.6 Å². The largest absolute Gasteiger partial charge is 0.337 e. The lowest BCUT2D eigenvalue weighted by atomic mass is 10.1. The number of hydrogen-bond donors (Lipinski definition) is 0. The van der Waals surface area contributed by atoms with Gasteiger partial charge in [0.05, 0.1) is 18.1 Å². The normalized spacial score (nSPS) is 21.9. The summed E-state index contributed by atoms with van der Waals surface area (Å²) in [6.45, 7) is 2.36. The van der Waals surface area contributed by atoms with Gasteiger partial charge in [0.1, 0.15) is 0 Å². The van der Waals surface area contributed by atoms with E-state index >= 15 is 0 Å². The number of thiophene rings is 2. The minimum Gasteiger partial charge on any atom is -0.337 e. The van der Waals surface area contributed by atoms with Crippen molar-refractivity contribution in [1.29, 1.82) is 0 Å². The van der Waals surface area contributed by atoms with E-state index in [0.717, 1.165) is 13.0 Å². The van der Waals surface area contributed by atoms with Crippen molar-refractivity contribution >= 4 is 38.4 Å². The Morgan fingerprint density at radius 3 is 2.88 bits per heavy atom. The average Bonchev–Trinajstić information content (AvgIpc) is 3.33. The molecule has 1 saturated heterocycles. The van der Waals surface area contributed by atoms with Gasteiger partial charge in [0.25, 0.3) is 0 Å². The average molecular weight is 411 g/mol. The van der Waals surface area contributed by atoms with E-state index in [0.29, 0.717) is 19.5 Å². The van der Waals surface area contributed by atoms with Crippen LogP contribution in [0.1, 0.15) is 21.7 Å². The van der Waals surface area contributed by atoms with E-state index in [1.807, 2.05) is 22.4 Å². The zero-order chi connectivity index (χ0) is 18.1. The highest BCUT2D eigenvalue weighted by molar-refractivity contribution is 7.91. The third kappa shape index (κ3) is 4.03. The zero-order valence-electron chi connectivity index (χ0n) is 14.5. The third-order valence-corrected chi connectivity index (χ3v) is 8.80. The first-order valence-corrected chi connectivity index (χ1v) is 12.4. The molecule has 4 heterocycles. The van der Waals surface area contributed by atoms with Gasteiger partial charge in [0.15, 0.2) is 9.84 Å². The standard InChI is InChI=1S/C18H22N2O3S3/c21-18(19-6-3-17-14(10-19)4-8-25-17)12-20(11-16-2-1-7-24-16)15-5-9-26(22,23)13-15/h1-2,4,7-8,15H,3,5-6,9-13H2. The fourth-order valence-electron chi connectivity index (χ4n) is 3.72. The third-order valence-electron chi connectivity index (χ3n) is 5.16. The summed E-state index contributed by atoms with van der Waals surface area (Å²) >= 11 is 3.41. The van der Waals surface area contributed by atoms with Gasteiger partial charge in [-0.25, -0.2) is 8.42 Å². The summed E-state index contributed by atoms with van der Waals surface area (Å²) in [7, 11) is -2.97. The minimum absolute atomic E-state index is 0.0625. The first-order chi connectivity index (χ1) is 12.5. The number of carbonyl (C=O) groups is 1. The van der Waals surface area contributed by atoms with Gasteiger partial charge in [-0.05, 0) is 41.3 Å². The Kier molecular flexibility index (Phi) is 5.18. The Hall–Kier alpha value is -1.22. The molecular formula is C18H22N2O3S3. The van der Waals surface area contributed by atoms with E-state index in [-0.39, 0.29) is 30.0 Å². The van der Waals surface area contributed by atoms with Crippen molar-refractivity contribution in [3.8, 4) is 0 Å². The highest BCUT2D eigenvalue weighted by Gasteiger charge is 2.34. The summed E-state index contributed by atoms with van der Waals surface area (Å²) in [5.74, 6) is 0.498. The number of hydrogen-bond acceptors (Lipinski definition) is 6. The minimum atomic E-state index is -2.97. The van der Waals surface area contributed by atoms with Crippen LogP contribution in [0.15, 0.2) is 29.0 Å². The second-order valence-electron chi connectivity index (χ2n) is 6.98. The molecule has 2 aromatic heterocycles. The molecule has 1 amide bonds. The van der Waals surface area contributed by atoms with Gasteiger partial charge in [-0.3, -0.25) is 9.69 Å². The van der Waals surface area contributed by atoms with Crippen molar-refractivity contribution in [2.24, 2.45) is 0 Å². The summed E-state index contributed by atoms with van der Waals surface area (Å²) in [6, 6.07) is 6.08. The first kappa shape index (κ1) is 18.2. The van der Waals surface area contributed by atoms with Crippen LogP contribution in [-0.2, 0) is 34.1 Å². The van der Waals surface area contributed by atoms with Gasteiger partial charge in [-0.15, -0.1) is 22.7 Å². The van der Waals surface area contributed by atoms with Crippen LogP contribution in [0.4, 0.5) is 0 Å². The predicted molar refractivity (Wildman–Crippen MR) is 105 cm³/mol. The van der Waals surface area contributed by atoms with Crippen molar-refractivity contribution < 1.29 is 13.2 Å². The maximum Gasteiger partial charge on any atom is 0.237 e. The molecule has 2 aromatic rings. The Morgan fingerprint density at radius 2 is 2.15 bits per heavy atom. The Morgan fingerprint density at radius 1 is 1.27 bits per heavy atom. The molecule has 2 aliphatic rings. The van der Waals surface area contributed by atoms with E-state index in [1.54, 1.807) is 22.7 Å². The molecule has 26 heavy (non-hydrogen) atoms. The Balaban J connectivity index is 1.46. The molecule has 140 valence electrons. The molecule has 1 fully saturated rings. The van der Waals surface area contributed by atoms with Crippen LogP contribution in [0.5, 0.6) is 0 Å². The maximum atomic E-state index is 12.9. The van der Waals surface area contributed by atoms with Crippen molar-refractivity contribution in [3.05, 3.63) is 44.3 Å². The zero-order valence-corrected chi connectivity index (χ0v) is 16.9. The van der Waals surface area contributed by atoms with E-state index < -0.39 is 9.84 Å². The van der Waals surface area contributed by atoms with Crippen LogP contribution >= 0.6 is 22.7 Å². The number of amides is 1. The van der Waals surface area contributed by atoms with Crippen LogP contribution in [0.3, 0.4) is 0 Å². The van der Waals surface area contributed by atoms with Gasteiger partial charge in [-0.1, -0.05) is 6.07 Å². The molecule has 4 rings (SSSR count). The molecule has 0 aromatic carbocycles. The highest BCUT2D eigenvalue weighted by atomic mass is 32.2. The molecule has 1 atom stereocenters. The molecule has 2 aliphatic heterocycles. The number of rotatable bonds is 5. The van der Waals surface area contributed by atoms with E-state index in [1.165, 1.54) is 15.3 Å². The first-order valence-electron chi connectivity index (χ1n) is 8.80. The lowest BCUT2D eigenvalue weighted by Gasteiger charge is -2.32. The van der Waals surface area contributed by atoms with Crippen LogP contribution in [0.2, 0.25) is 0 Å². The van der Waals surface area contributed by atoms with E-state index in [2.05, 4.69) is 16.3 Å². The molecule has 8 heteroatoms. The van der Waals surface area contributed by atoms with Crippen LogP contribution in [-0.4, -0.2) is 54.8 Å². The van der Waals surface area contributed by atoms with Gasteiger partial charge in [-0.2, -0.15) is 0 Å². The van der Waals surface area contributed by atoms with Crippen LogP contribution < -0.4 is 0 Å². The summed E-state index contributed by atoms with van der Waals surface area (Å²) in [6.07, 6.45) is 1.54. The van der Waals surface area contributed by atoms with E-state index in [9.17, 15) is 13.2 Å². The number of carbonyl (C=O) groups excluding carboxylic acids is 1. The summed E-state index contributed by atoms with van der Waals surface area (Å²) < 4.78 is 23.8. The van der Waals surface area contributed by atoms with Gasteiger partial charge in [0.2, 0.25) is 5.91 Å². The summed E-state index contributed by atoms with van der Waals surface area (Å²) in [5, 5.41) is 4.11. The quantitative estimate of drug-likeness (QED) is 0.759. The topological polar surface area (TPSA) is 57.7 Å². The molecule has 0 spiro atoms. The van der Waals surface area contributed by atoms with Crippen molar-refractivity contribution in [2.45, 2.75) is 32.0 Å². The molecule has 0 aliphatic carbocycles. The molecule has 5 nitrogen and oxygen atoms in total. The smallest absolute Gasteiger partial charge is 0.237 e. The number of nitrogens with zero attached hydrogens (tertiary/aromatic N) is 2. The molecular weight excluding hydrogens is 388 g/mol. The van der Waals surface area contributed by atoms with Crippen molar-refractivity contribution in [3.63, 3.8) is 0 Å².